The maximum Gasteiger partial charge on any atom is 0.245 e. The molecule has 0 radical (unpaired) electrons. The molecule has 0 fully saturated rings. The molecule has 25 heavy (non-hydrogen) atoms. The molecule has 1 rings (SSSR count). The Morgan fingerprint density at radius 3 is 2.56 bits per heavy atom. The summed E-state index contributed by atoms with van der Waals surface area (Å²) < 4.78 is 37.7. The number of ether oxygens (including phenoxy) is 2. The molecule has 9 heteroatoms. The lowest BCUT2D eigenvalue weighted by Crippen LogP contribution is -2.45. The van der Waals surface area contributed by atoms with Crippen LogP contribution in [0.4, 0.5) is 0 Å². The molecule has 1 aromatic rings. The molecule has 0 unspecified atom stereocenters. The van der Waals surface area contributed by atoms with Crippen molar-refractivity contribution in [1.29, 1.82) is 0 Å². The highest BCUT2D eigenvalue weighted by Gasteiger charge is 2.25. The van der Waals surface area contributed by atoms with Gasteiger partial charge in [-0.05, 0) is 45.4 Å². The molecular formula is C16H25ClN2O5S. The fourth-order valence-corrected chi connectivity index (χ4v) is 3.60. The first-order chi connectivity index (χ1) is 11.7. The molecule has 0 aliphatic heterocycles. The number of rotatable bonds is 10. The zero-order chi connectivity index (χ0) is 19.0. The lowest BCUT2D eigenvalue weighted by Gasteiger charge is -2.16. The van der Waals surface area contributed by atoms with Crippen LogP contribution in [0.1, 0.15) is 27.2 Å². The third kappa shape index (κ3) is 7.19. The number of carbonyl (C=O) groups excluding carboxylic acids is 1. The lowest BCUT2D eigenvalue weighted by molar-refractivity contribution is -0.122. The standard InChI is InChI=1S/C16H25ClN2O5S/c1-11(2)24-9-5-8-18-16(20)12(3)19-25(21,22)15-10-13(17)6-7-14(15)23-4/h6-7,10-12,19H,5,8-9H2,1-4H3,(H,18,20)/t12-/m1/s1. The normalized spacial score (nSPS) is 12.9. The minimum absolute atomic E-state index is 0.118. The predicted octanol–water partition coefficient (Wildman–Crippen LogP) is 1.95. The molecule has 0 bridgehead atoms. The van der Waals surface area contributed by atoms with Gasteiger partial charge in [0.15, 0.2) is 0 Å². The second-order valence-corrected chi connectivity index (χ2v) is 7.82. The van der Waals surface area contributed by atoms with E-state index in [-0.39, 0.29) is 21.8 Å². The lowest BCUT2D eigenvalue weighted by atomic mass is 10.3. The molecule has 0 saturated heterocycles. The van der Waals surface area contributed by atoms with Crippen molar-refractivity contribution in [2.75, 3.05) is 20.3 Å². The molecule has 1 amide bonds. The van der Waals surface area contributed by atoms with Crippen molar-refractivity contribution in [1.82, 2.24) is 10.0 Å². The molecule has 2 N–H and O–H groups in total. The number of methoxy groups -OCH3 is 1. The average Bonchev–Trinajstić information content (AvgIpc) is 2.53. The summed E-state index contributed by atoms with van der Waals surface area (Å²) in [5, 5.41) is 2.92. The Labute approximate surface area is 154 Å². The van der Waals surface area contributed by atoms with Crippen molar-refractivity contribution in [3.05, 3.63) is 23.2 Å². The molecule has 0 heterocycles. The number of sulfonamides is 1. The van der Waals surface area contributed by atoms with Crippen molar-refractivity contribution >= 4 is 27.5 Å². The number of halogens is 1. The SMILES string of the molecule is COc1ccc(Cl)cc1S(=O)(=O)N[C@H](C)C(=O)NCCCOC(C)C. The van der Waals surface area contributed by atoms with Crippen molar-refractivity contribution < 1.29 is 22.7 Å². The monoisotopic (exact) mass is 392 g/mol. The van der Waals surface area contributed by atoms with E-state index in [9.17, 15) is 13.2 Å². The summed E-state index contributed by atoms with van der Waals surface area (Å²) in [7, 11) is -2.60. The molecule has 0 aromatic heterocycles. The van der Waals surface area contributed by atoms with Gasteiger partial charge in [0.05, 0.1) is 19.3 Å². The molecule has 1 aromatic carbocycles. The van der Waals surface area contributed by atoms with Crippen LogP contribution in [0.25, 0.3) is 0 Å². The minimum Gasteiger partial charge on any atom is -0.495 e. The smallest absolute Gasteiger partial charge is 0.245 e. The first-order valence-electron chi connectivity index (χ1n) is 7.92. The molecule has 0 saturated carbocycles. The van der Waals surface area contributed by atoms with E-state index in [2.05, 4.69) is 10.0 Å². The van der Waals surface area contributed by atoms with Gasteiger partial charge in [0.2, 0.25) is 15.9 Å². The van der Waals surface area contributed by atoms with Crippen molar-refractivity contribution in [2.45, 2.75) is 44.2 Å². The maximum absolute atomic E-state index is 12.5. The Kier molecular flexibility index (Phi) is 8.64. The van der Waals surface area contributed by atoms with Crippen LogP contribution in [-0.4, -0.2) is 46.7 Å². The van der Waals surface area contributed by atoms with Crippen LogP contribution in [0.3, 0.4) is 0 Å². The predicted molar refractivity (Wildman–Crippen MR) is 96.5 cm³/mol. The van der Waals surface area contributed by atoms with E-state index in [4.69, 9.17) is 21.1 Å². The Balaban J connectivity index is 2.64. The number of hydrogen-bond donors (Lipinski definition) is 2. The van der Waals surface area contributed by atoms with Crippen LogP contribution < -0.4 is 14.8 Å². The van der Waals surface area contributed by atoms with Crippen molar-refractivity contribution in [2.24, 2.45) is 0 Å². The van der Waals surface area contributed by atoms with Crippen LogP contribution >= 0.6 is 11.6 Å². The van der Waals surface area contributed by atoms with Gasteiger partial charge in [-0.25, -0.2) is 8.42 Å². The molecule has 1 atom stereocenters. The minimum atomic E-state index is -3.96. The second kappa shape index (κ2) is 9.96. The average molecular weight is 393 g/mol. The van der Waals surface area contributed by atoms with Gasteiger partial charge in [-0.1, -0.05) is 11.6 Å². The summed E-state index contributed by atoms with van der Waals surface area (Å²) in [5.41, 5.74) is 0. The summed E-state index contributed by atoms with van der Waals surface area (Å²) in [5.74, 6) is -0.274. The Morgan fingerprint density at radius 2 is 1.96 bits per heavy atom. The second-order valence-electron chi connectivity index (χ2n) is 5.70. The van der Waals surface area contributed by atoms with E-state index in [0.29, 0.717) is 19.6 Å². The highest BCUT2D eigenvalue weighted by atomic mass is 35.5. The first-order valence-corrected chi connectivity index (χ1v) is 9.78. The van der Waals surface area contributed by atoms with Crippen LogP contribution in [0, 0.1) is 0 Å². The third-order valence-electron chi connectivity index (χ3n) is 3.21. The van der Waals surface area contributed by atoms with Crippen molar-refractivity contribution in [3.63, 3.8) is 0 Å². The van der Waals surface area contributed by atoms with E-state index < -0.39 is 22.0 Å². The zero-order valence-corrected chi connectivity index (χ0v) is 16.4. The van der Waals surface area contributed by atoms with Crippen LogP contribution in [-0.2, 0) is 19.6 Å². The first kappa shape index (κ1) is 21.7. The number of nitrogens with one attached hydrogen (secondary N) is 2. The Hall–Kier alpha value is -1.35. The van der Waals surface area contributed by atoms with Crippen molar-refractivity contribution in [3.8, 4) is 5.75 Å². The quantitative estimate of drug-likeness (QED) is 0.593. The number of benzene rings is 1. The molecule has 0 aliphatic rings. The Bertz CT molecular complexity index is 679. The van der Waals surface area contributed by atoms with Gasteiger partial charge in [0.1, 0.15) is 10.6 Å². The highest BCUT2D eigenvalue weighted by Crippen LogP contribution is 2.26. The molecular weight excluding hydrogens is 368 g/mol. The van der Waals surface area contributed by atoms with E-state index in [1.807, 2.05) is 13.8 Å². The van der Waals surface area contributed by atoms with Crippen LogP contribution in [0.15, 0.2) is 23.1 Å². The summed E-state index contributed by atoms with van der Waals surface area (Å²) in [4.78, 5) is 11.9. The fraction of sp³-hybridized carbons (Fsp3) is 0.562. The number of hydrogen-bond acceptors (Lipinski definition) is 5. The topological polar surface area (TPSA) is 93.7 Å². The number of amides is 1. The summed E-state index contributed by atoms with van der Waals surface area (Å²) in [6.45, 7) is 6.25. The van der Waals surface area contributed by atoms with E-state index in [1.54, 1.807) is 0 Å². The van der Waals surface area contributed by atoms with E-state index >= 15 is 0 Å². The maximum atomic E-state index is 12.5. The third-order valence-corrected chi connectivity index (χ3v) is 5.01. The molecule has 0 spiro atoms. The van der Waals surface area contributed by atoms with Gasteiger partial charge in [-0.2, -0.15) is 4.72 Å². The van der Waals surface area contributed by atoms with Crippen LogP contribution in [0.5, 0.6) is 5.75 Å². The number of carbonyl (C=O) groups is 1. The van der Waals surface area contributed by atoms with E-state index in [0.717, 1.165) is 0 Å². The molecule has 142 valence electrons. The van der Waals surface area contributed by atoms with Gasteiger partial charge in [-0.15, -0.1) is 0 Å². The zero-order valence-electron chi connectivity index (χ0n) is 14.8. The largest absolute Gasteiger partial charge is 0.495 e. The van der Waals surface area contributed by atoms with Gasteiger partial charge >= 0.3 is 0 Å². The van der Waals surface area contributed by atoms with Gasteiger partial charge in [0.25, 0.3) is 0 Å². The Morgan fingerprint density at radius 1 is 1.28 bits per heavy atom. The highest BCUT2D eigenvalue weighted by molar-refractivity contribution is 7.89. The summed E-state index contributed by atoms with van der Waals surface area (Å²) >= 11 is 5.86. The van der Waals surface area contributed by atoms with E-state index in [1.165, 1.54) is 32.2 Å². The van der Waals surface area contributed by atoms with Gasteiger partial charge in [-0.3, -0.25) is 4.79 Å². The van der Waals surface area contributed by atoms with Crippen LogP contribution in [0.2, 0.25) is 5.02 Å². The summed E-state index contributed by atoms with van der Waals surface area (Å²) in [6.07, 6.45) is 0.778. The summed E-state index contributed by atoms with van der Waals surface area (Å²) in [6, 6.07) is 3.31. The van der Waals surface area contributed by atoms with Gasteiger partial charge in [0, 0.05) is 18.2 Å². The molecule has 7 nitrogen and oxygen atoms in total. The molecule has 0 aliphatic carbocycles. The van der Waals surface area contributed by atoms with Gasteiger partial charge < -0.3 is 14.8 Å². The fourth-order valence-electron chi connectivity index (χ4n) is 1.97.